The molecular formula is C24H31N3O2. The second-order valence-electron chi connectivity index (χ2n) is 6.76. The van der Waals surface area contributed by atoms with Crippen LogP contribution in [0.3, 0.4) is 0 Å². The molecule has 0 bridgehead atoms. The Labute approximate surface area is 174 Å². The van der Waals surface area contributed by atoms with Crippen LogP contribution >= 0.6 is 0 Å². The fourth-order valence-electron chi connectivity index (χ4n) is 2.43. The average Bonchev–Trinajstić information content (AvgIpc) is 2.67. The zero-order valence-electron chi connectivity index (χ0n) is 18.4. The van der Waals surface area contributed by atoms with Crippen LogP contribution in [0.25, 0.3) is 11.8 Å². The van der Waals surface area contributed by atoms with Gasteiger partial charge in [0.1, 0.15) is 11.6 Å². The van der Waals surface area contributed by atoms with E-state index in [0.717, 1.165) is 40.3 Å². The third kappa shape index (κ3) is 7.82. The van der Waals surface area contributed by atoms with Crippen molar-refractivity contribution in [2.45, 2.75) is 54.9 Å². The zero-order chi connectivity index (χ0) is 22.0. The van der Waals surface area contributed by atoms with Gasteiger partial charge in [-0.2, -0.15) is 0 Å². The number of aliphatic imine (C=N–C) groups is 1. The average molecular weight is 394 g/mol. The van der Waals surface area contributed by atoms with E-state index in [1.807, 2.05) is 58.2 Å². The number of carbonyl (C=O) groups is 1. The maximum absolute atomic E-state index is 11.1. The first-order valence-electron chi connectivity index (χ1n) is 9.67. The van der Waals surface area contributed by atoms with Crippen LogP contribution in [-0.4, -0.2) is 27.1 Å². The minimum Gasteiger partial charge on any atom is -0.508 e. The third-order valence-corrected chi connectivity index (χ3v) is 4.22. The van der Waals surface area contributed by atoms with E-state index in [-0.39, 0.29) is 11.5 Å². The number of hydrogen-bond donors (Lipinski definition) is 1. The normalized spacial score (nSPS) is 12.0. The number of nitrogens with zero attached hydrogens (tertiary/aromatic N) is 3. The van der Waals surface area contributed by atoms with Crippen molar-refractivity contribution in [1.29, 1.82) is 0 Å². The van der Waals surface area contributed by atoms with Gasteiger partial charge < -0.3 is 5.11 Å². The molecular weight excluding hydrogens is 362 g/mol. The topological polar surface area (TPSA) is 75.4 Å². The Hall–Kier alpha value is -3.08. The fourth-order valence-corrected chi connectivity index (χ4v) is 2.43. The number of phenolic OH excluding ortho intramolecular Hbond substituents is 1. The first-order chi connectivity index (χ1) is 13.7. The van der Waals surface area contributed by atoms with Gasteiger partial charge in [-0.3, -0.25) is 9.79 Å². The standard InChI is InChI=1S/C13H16O2.C11H15N3/c1-8-5-12(7-9(2)11(4)14)10(3)13(15)6-8;1-4-7-13-10(5-2)11-6-8-12-9(3)14-11/h5-7,15H,1-4H3;5-8H,4H2,1-3H3/b9-7+;10-5-,13-7?. The summed E-state index contributed by atoms with van der Waals surface area (Å²) in [7, 11) is 0. The van der Waals surface area contributed by atoms with E-state index < -0.39 is 0 Å². The Morgan fingerprint density at radius 2 is 1.90 bits per heavy atom. The number of carbonyl (C=O) groups excluding carboxylic acids is 1. The predicted octanol–water partition coefficient (Wildman–Crippen LogP) is 5.63. The monoisotopic (exact) mass is 393 g/mol. The summed E-state index contributed by atoms with van der Waals surface area (Å²) in [5.74, 6) is 1.10. The van der Waals surface area contributed by atoms with E-state index in [0.29, 0.717) is 5.57 Å². The summed E-state index contributed by atoms with van der Waals surface area (Å²) in [6.45, 7) is 13.0. The van der Waals surface area contributed by atoms with Gasteiger partial charge in [0.25, 0.3) is 0 Å². The van der Waals surface area contributed by atoms with E-state index in [9.17, 15) is 9.90 Å². The van der Waals surface area contributed by atoms with Crippen LogP contribution in [0.2, 0.25) is 0 Å². The van der Waals surface area contributed by atoms with Gasteiger partial charge in [0.2, 0.25) is 0 Å². The first kappa shape index (κ1) is 24.0. The zero-order valence-corrected chi connectivity index (χ0v) is 18.4. The van der Waals surface area contributed by atoms with E-state index in [1.54, 1.807) is 19.2 Å². The number of ketones is 1. The molecule has 1 heterocycles. The van der Waals surface area contributed by atoms with Crippen molar-refractivity contribution in [3.05, 3.63) is 64.3 Å². The van der Waals surface area contributed by atoms with Crippen molar-refractivity contribution in [2.24, 2.45) is 4.99 Å². The Morgan fingerprint density at radius 1 is 1.21 bits per heavy atom. The van der Waals surface area contributed by atoms with E-state index >= 15 is 0 Å². The molecule has 1 N–H and O–H groups in total. The molecule has 0 spiro atoms. The number of phenols is 1. The summed E-state index contributed by atoms with van der Waals surface area (Å²) < 4.78 is 0. The molecule has 5 heteroatoms. The summed E-state index contributed by atoms with van der Waals surface area (Å²) in [5, 5.41) is 9.62. The molecule has 0 amide bonds. The molecule has 2 aromatic rings. The number of aromatic nitrogens is 2. The maximum Gasteiger partial charge on any atom is 0.155 e. The van der Waals surface area contributed by atoms with E-state index in [1.165, 1.54) is 6.92 Å². The molecule has 0 atom stereocenters. The predicted molar refractivity (Wildman–Crippen MR) is 121 cm³/mol. The maximum atomic E-state index is 11.1. The smallest absolute Gasteiger partial charge is 0.155 e. The molecule has 29 heavy (non-hydrogen) atoms. The molecule has 1 aromatic carbocycles. The molecule has 0 aliphatic rings. The molecule has 0 radical (unpaired) electrons. The number of hydrogen-bond acceptors (Lipinski definition) is 5. The van der Waals surface area contributed by atoms with Crippen LogP contribution in [0.4, 0.5) is 0 Å². The van der Waals surface area contributed by atoms with Gasteiger partial charge in [-0.25, -0.2) is 9.97 Å². The quantitative estimate of drug-likeness (QED) is 0.528. The lowest BCUT2D eigenvalue weighted by Crippen LogP contribution is -1.92. The highest BCUT2D eigenvalue weighted by Crippen LogP contribution is 2.24. The Bertz CT molecular complexity index is 941. The highest BCUT2D eigenvalue weighted by Gasteiger charge is 2.04. The highest BCUT2D eigenvalue weighted by atomic mass is 16.3. The molecule has 0 fully saturated rings. The van der Waals surface area contributed by atoms with Gasteiger partial charge in [0.05, 0.1) is 11.4 Å². The van der Waals surface area contributed by atoms with Crippen molar-refractivity contribution >= 4 is 23.8 Å². The van der Waals surface area contributed by atoms with Crippen LogP contribution in [0, 0.1) is 20.8 Å². The summed E-state index contributed by atoms with van der Waals surface area (Å²) in [5.41, 5.74) is 5.17. The SMILES string of the molecule is C/C=C(\N=CCC)c1ccnc(C)n1.CC(=O)/C(C)=C/c1cc(C)cc(O)c1C. The van der Waals surface area contributed by atoms with Crippen LogP contribution < -0.4 is 0 Å². The number of aryl methyl sites for hydroxylation is 2. The highest BCUT2D eigenvalue weighted by molar-refractivity contribution is 5.97. The Morgan fingerprint density at radius 3 is 2.45 bits per heavy atom. The Kier molecular flexibility index (Phi) is 9.66. The van der Waals surface area contributed by atoms with Crippen molar-refractivity contribution in [3.63, 3.8) is 0 Å². The summed E-state index contributed by atoms with van der Waals surface area (Å²) in [4.78, 5) is 23.8. The molecule has 0 saturated heterocycles. The number of aromatic hydroxyl groups is 1. The molecule has 1 aromatic heterocycles. The molecule has 0 saturated carbocycles. The van der Waals surface area contributed by atoms with Crippen molar-refractivity contribution in [1.82, 2.24) is 9.97 Å². The number of allylic oxidation sites excluding steroid dienone is 2. The lowest BCUT2D eigenvalue weighted by molar-refractivity contribution is -0.113. The van der Waals surface area contributed by atoms with Crippen LogP contribution in [0.15, 0.2) is 41.0 Å². The van der Waals surface area contributed by atoms with Gasteiger partial charge in [-0.05, 0) is 88.4 Å². The van der Waals surface area contributed by atoms with Crippen molar-refractivity contribution < 1.29 is 9.90 Å². The number of Topliss-reactive ketones (excluding diaryl/α,β-unsaturated/α-hetero) is 1. The number of benzene rings is 1. The molecule has 0 aliphatic heterocycles. The molecule has 2 rings (SSSR count). The minimum absolute atomic E-state index is 0.0513. The van der Waals surface area contributed by atoms with E-state index in [2.05, 4.69) is 21.9 Å². The third-order valence-electron chi connectivity index (χ3n) is 4.22. The van der Waals surface area contributed by atoms with Crippen molar-refractivity contribution in [3.8, 4) is 5.75 Å². The van der Waals surface area contributed by atoms with Gasteiger partial charge in [0.15, 0.2) is 5.78 Å². The first-order valence-corrected chi connectivity index (χ1v) is 9.67. The second-order valence-corrected chi connectivity index (χ2v) is 6.76. The van der Waals surface area contributed by atoms with Crippen LogP contribution in [0.1, 0.15) is 62.3 Å². The molecule has 154 valence electrons. The lowest BCUT2D eigenvalue weighted by Gasteiger charge is -2.06. The molecule has 5 nitrogen and oxygen atoms in total. The van der Waals surface area contributed by atoms with Gasteiger partial charge >= 0.3 is 0 Å². The molecule has 0 unspecified atom stereocenters. The summed E-state index contributed by atoms with van der Waals surface area (Å²) in [6.07, 6.45) is 8.33. The Balaban J connectivity index is 0.000000291. The second kappa shape index (κ2) is 11.7. The number of rotatable bonds is 5. The summed E-state index contributed by atoms with van der Waals surface area (Å²) >= 11 is 0. The van der Waals surface area contributed by atoms with Gasteiger partial charge in [-0.1, -0.05) is 19.1 Å². The van der Waals surface area contributed by atoms with Crippen LogP contribution in [0.5, 0.6) is 5.75 Å². The van der Waals surface area contributed by atoms with E-state index in [4.69, 9.17) is 0 Å². The van der Waals surface area contributed by atoms with Crippen LogP contribution in [-0.2, 0) is 4.79 Å². The molecule has 0 aliphatic carbocycles. The largest absolute Gasteiger partial charge is 0.508 e. The van der Waals surface area contributed by atoms with Gasteiger partial charge in [0, 0.05) is 12.4 Å². The summed E-state index contributed by atoms with van der Waals surface area (Å²) in [6, 6.07) is 5.55. The fraction of sp³-hybridized carbons (Fsp3) is 0.333. The van der Waals surface area contributed by atoms with Crippen molar-refractivity contribution in [2.75, 3.05) is 0 Å². The minimum atomic E-state index is 0.0513. The van der Waals surface area contributed by atoms with Gasteiger partial charge in [-0.15, -0.1) is 0 Å². The lowest BCUT2D eigenvalue weighted by atomic mass is 10.0.